The number of benzene rings is 1. The monoisotopic (exact) mass is 457 g/mol. The van der Waals surface area contributed by atoms with Crippen LogP contribution < -0.4 is 11.1 Å². The number of H-pyrrole nitrogens is 1. The van der Waals surface area contributed by atoms with Crippen molar-refractivity contribution < 1.29 is 9.18 Å². The van der Waals surface area contributed by atoms with E-state index in [1.165, 1.54) is 31.4 Å². The summed E-state index contributed by atoms with van der Waals surface area (Å²) in [5.41, 5.74) is 10.4. The third-order valence-corrected chi connectivity index (χ3v) is 6.66. The van der Waals surface area contributed by atoms with E-state index in [1.54, 1.807) is 30.6 Å². The zero-order chi connectivity index (χ0) is 23.5. The van der Waals surface area contributed by atoms with Crippen LogP contribution in [-0.4, -0.2) is 26.9 Å². The summed E-state index contributed by atoms with van der Waals surface area (Å²) in [6.45, 7) is 0. The highest BCUT2D eigenvalue weighted by atomic mass is 19.1. The highest BCUT2D eigenvalue weighted by molar-refractivity contribution is 6.03. The Labute approximate surface area is 197 Å². The van der Waals surface area contributed by atoms with Crippen molar-refractivity contribution in [2.24, 2.45) is 11.7 Å². The van der Waals surface area contributed by atoms with Crippen molar-refractivity contribution >= 4 is 22.8 Å². The van der Waals surface area contributed by atoms with E-state index in [9.17, 15) is 9.18 Å². The molecule has 1 aromatic carbocycles. The Bertz CT molecular complexity index is 1280. The number of fused-ring (bicyclic) bond motifs is 1. The number of carbonyl (C=O) groups is 1. The van der Waals surface area contributed by atoms with Gasteiger partial charge in [0.2, 0.25) is 5.91 Å². The van der Waals surface area contributed by atoms with Crippen LogP contribution in [-0.2, 0) is 4.79 Å². The first kappa shape index (κ1) is 22.2. The maximum absolute atomic E-state index is 13.5. The van der Waals surface area contributed by atoms with E-state index in [1.807, 2.05) is 18.2 Å². The molecule has 0 saturated heterocycles. The van der Waals surface area contributed by atoms with Crippen molar-refractivity contribution in [3.8, 4) is 22.4 Å². The van der Waals surface area contributed by atoms with Gasteiger partial charge in [-0.05, 0) is 72.0 Å². The van der Waals surface area contributed by atoms with Gasteiger partial charge in [-0.3, -0.25) is 9.78 Å². The number of hydrogen-bond donors (Lipinski definition) is 3. The molecule has 174 valence electrons. The molecule has 1 saturated carbocycles. The number of pyridine rings is 2. The van der Waals surface area contributed by atoms with Crippen LogP contribution in [0.3, 0.4) is 0 Å². The van der Waals surface area contributed by atoms with Gasteiger partial charge >= 0.3 is 0 Å². The third-order valence-electron chi connectivity index (χ3n) is 6.66. The molecule has 5 rings (SSSR count). The number of nitrogens with two attached hydrogens (primary N) is 1. The maximum atomic E-state index is 13.5. The lowest BCUT2D eigenvalue weighted by atomic mass is 9.85. The normalized spacial score (nSPS) is 15.4. The van der Waals surface area contributed by atoms with Crippen molar-refractivity contribution in [2.75, 3.05) is 5.32 Å². The molecule has 1 fully saturated rings. The summed E-state index contributed by atoms with van der Waals surface area (Å²) in [5, 5.41) is 3.78. The van der Waals surface area contributed by atoms with Crippen LogP contribution in [0.4, 0.5) is 10.2 Å². The fourth-order valence-electron chi connectivity index (χ4n) is 4.90. The molecule has 1 aliphatic rings. The number of amides is 1. The van der Waals surface area contributed by atoms with Crippen molar-refractivity contribution in [1.82, 2.24) is 15.0 Å². The predicted octanol–water partition coefficient (Wildman–Crippen LogP) is 5.67. The number of rotatable bonds is 6. The summed E-state index contributed by atoms with van der Waals surface area (Å²) in [4.78, 5) is 24.9. The topological polar surface area (TPSA) is 96.7 Å². The second-order valence-electron chi connectivity index (χ2n) is 9.05. The van der Waals surface area contributed by atoms with E-state index >= 15 is 0 Å². The van der Waals surface area contributed by atoms with E-state index < -0.39 is 6.04 Å². The Kier molecular flexibility index (Phi) is 6.36. The maximum Gasteiger partial charge on any atom is 0.242 e. The zero-order valence-corrected chi connectivity index (χ0v) is 18.9. The Morgan fingerprint density at radius 2 is 1.76 bits per heavy atom. The molecule has 3 aromatic heterocycles. The molecule has 4 N–H and O–H groups in total. The minimum Gasteiger partial charge on any atom is -0.339 e. The minimum absolute atomic E-state index is 0.211. The average Bonchev–Trinajstić information content (AvgIpc) is 3.24. The highest BCUT2D eigenvalue weighted by Gasteiger charge is 2.22. The Morgan fingerprint density at radius 1 is 1.03 bits per heavy atom. The van der Waals surface area contributed by atoms with Gasteiger partial charge in [0.05, 0.1) is 11.7 Å². The lowest BCUT2D eigenvalue weighted by Crippen LogP contribution is -2.37. The van der Waals surface area contributed by atoms with Crippen LogP contribution in [0.5, 0.6) is 0 Å². The quantitative estimate of drug-likeness (QED) is 0.348. The number of nitrogens with zero attached hydrogens (tertiary/aromatic N) is 2. The molecule has 1 amide bonds. The van der Waals surface area contributed by atoms with Crippen LogP contribution in [0.2, 0.25) is 0 Å². The van der Waals surface area contributed by atoms with Crippen molar-refractivity contribution in [3.63, 3.8) is 0 Å². The van der Waals surface area contributed by atoms with Gasteiger partial charge in [-0.15, -0.1) is 0 Å². The average molecular weight is 458 g/mol. The van der Waals surface area contributed by atoms with E-state index in [0.29, 0.717) is 23.8 Å². The van der Waals surface area contributed by atoms with Crippen LogP contribution in [0.25, 0.3) is 33.4 Å². The van der Waals surface area contributed by atoms with Crippen LogP contribution in [0, 0.1) is 11.7 Å². The van der Waals surface area contributed by atoms with E-state index in [2.05, 4.69) is 20.3 Å². The van der Waals surface area contributed by atoms with Crippen molar-refractivity contribution in [2.45, 2.75) is 44.6 Å². The molecular formula is C27H28FN5O. The number of aromatic nitrogens is 3. The molecule has 0 spiro atoms. The van der Waals surface area contributed by atoms with Gasteiger partial charge in [0.15, 0.2) is 0 Å². The van der Waals surface area contributed by atoms with Gasteiger partial charge in [-0.25, -0.2) is 9.37 Å². The minimum atomic E-state index is -0.550. The second kappa shape index (κ2) is 9.73. The van der Waals surface area contributed by atoms with Gasteiger partial charge in [0.1, 0.15) is 17.3 Å². The van der Waals surface area contributed by atoms with Gasteiger partial charge in [-0.1, -0.05) is 32.1 Å². The smallest absolute Gasteiger partial charge is 0.242 e. The second-order valence-corrected chi connectivity index (χ2v) is 9.05. The Hall–Kier alpha value is -3.58. The predicted molar refractivity (Wildman–Crippen MR) is 133 cm³/mol. The molecule has 4 aromatic rings. The lowest BCUT2D eigenvalue weighted by Gasteiger charge is -2.24. The molecular weight excluding hydrogens is 429 g/mol. The summed E-state index contributed by atoms with van der Waals surface area (Å²) in [7, 11) is 0. The molecule has 34 heavy (non-hydrogen) atoms. The SMILES string of the molecule is N[C@@H](CC1CCCCC1)C(=O)Nc1ccc2c(-c3ccncc3)c(-c3ccc(F)cc3)[nH]c2n1. The van der Waals surface area contributed by atoms with Gasteiger partial charge < -0.3 is 16.0 Å². The highest BCUT2D eigenvalue weighted by Crippen LogP contribution is 2.38. The summed E-state index contributed by atoms with van der Waals surface area (Å²) in [6.07, 6.45) is 10.2. The Morgan fingerprint density at radius 3 is 2.50 bits per heavy atom. The number of carbonyl (C=O) groups excluding carboxylic acids is 1. The first-order valence-electron chi connectivity index (χ1n) is 11.8. The molecule has 7 heteroatoms. The fraction of sp³-hybridized carbons (Fsp3) is 0.296. The third kappa shape index (κ3) is 4.70. The van der Waals surface area contributed by atoms with Gasteiger partial charge in [0, 0.05) is 23.3 Å². The molecule has 0 unspecified atom stereocenters. The molecule has 0 aliphatic heterocycles. The number of hydrogen-bond acceptors (Lipinski definition) is 4. The fourth-order valence-corrected chi connectivity index (χ4v) is 4.90. The molecule has 1 aliphatic carbocycles. The molecule has 3 heterocycles. The van der Waals surface area contributed by atoms with Crippen LogP contribution >= 0.6 is 0 Å². The van der Waals surface area contributed by atoms with Gasteiger partial charge in [0.25, 0.3) is 0 Å². The summed E-state index contributed by atoms with van der Waals surface area (Å²) in [6, 6.07) is 13.4. The molecule has 0 bridgehead atoms. The summed E-state index contributed by atoms with van der Waals surface area (Å²) in [5.74, 6) is 0.467. The largest absolute Gasteiger partial charge is 0.339 e. The zero-order valence-electron chi connectivity index (χ0n) is 18.9. The van der Waals surface area contributed by atoms with E-state index in [4.69, 9.17) is 5.73 Å². The first-order chi connectivity index (χ1) is 16.6. The summed E-state index contributed by atoms with van der Waals surface area (Å²) >= 11 is 0. The van der Waals surface area contributed by atoms with E-state index in [-0.39, 0.29) is 11.7 Å². The first-order valence-corrected chi connectivity index (χ1v) is 11.8. The van der Waals surface area contributed by atoms with Crippen LogP contribution in [0.1, 0.15) is 38.5 Å². The number of nitrogens with one attached hydrogen (secondary N) is 2. The van der Waals surface area contributed by atoms with Gasteiger partial charge in [-0.2, -0.15) is 0 Å². The van der Waals surface area contributed by atoms with Crippen LogP contribution in [0.15, 0.2) is 60.9 Å². The van der Waals surface area contributed by atoms with Crippen molar-refractivity contribution in [1.29, 1.82) is 0 Å². The number of anilines is 1. The molecule has 1 atom stereocenters. The standard InChI is InChI=1S/C27H28FN5O/c28-20-8-6-19(7-9-20)25-24(18-12-14-30-15-13-18)21-10-11-23(31-26(21)33-25)32-27(34)22(29)16-17-4-2-1-3-5-17/h6-15,17,22H,1-5,16,29H2,(H2,31,32,33,34)/t22-/m0/s1. The Balaban J connectivity index is 1.45. The molecule has 6 nitrogen and oxygen atoms in total. The number of aromatic amines is 1. The molecule has 0 radical (unpaired) electrons. The number of halogens is 1. The summed E-state index contributed by atoms with van der Waals surface area (Å²) < 4.78 is 13.5. The lowest BCUT2D eigenvalue weighted by molar-refractivity contribution is -0.117. The van der Waals surface area contributed by atoms with E-state index in [0.717, 1.165) is 40.6 Å². The van der Waals surface area contributed by atoms with Crippen molar-refractivity contribution in [3.05, 3.63) is 66.7 Å².